The van der Waals surface area contributed by atoms with Crippen LogP contribution in [0.3, 0.4) is 0 Å². The quantitative estimate of drug-likeness (QED) is 0.419. The number of carbonyl (C=O) groups is 2. The minimum absolute atomic E-state index is 0.0954. The third-order valence-electron chi connectivity index (χ3n) is 6.53. The number of hydrogen-bond donors (Lipinski definition) is 0. The second-order valence-electron chi connectivity index (χ2n) is 7.71. The topological polar surface area (TPSA) is 37.4 Å². The zero-order valence-electron chi connectivity index (χ0n) is 14.9. The van der Waals surface area contributed by atoms with Crippen molar-refractivity contribution in [2.45, 2.75) is 10.2 Å². The van der Waals surface area contributed by atoms with Crippen LogP contribution in [0.4, 0.5) is 5.69 Å². The van der Waals surface area contributed by atoms with E-state index in [0.717, 1.165) is 22.3 Å². The van der Waals surface area contributed by atoms with E-state index in [1.54, 1.807) is 0 Å². The summed E-state index contributed by atoms with van der Waals surface area (Å²) in [6.07, 6.45) is 0. The minimum Gasteiger partial charge on any atom is -0.274 e. The van der Waals surface area contributed by atoms with Crippen LogP contribution in [-0.2, 0) is 13.9 Å². The molecule has 7 rings (SSSR count). The molecule has 0 unspecified atom stereocenters. The largest absolute Gasteiger partial charge is 0.274 e. The van der Waals surface area contributed by atoms with Crippen LogP contribution in [0, 0.1) is 11.8 Å². The molecule has 3 nitrogen and oxygen atoms in total. The first-order valence-corrected chi connectivity index (χ1v) is 10.2. The first-order valence-electron chi connectivity index (χ1n) is 9.44. The highest BCUT2D eigenvalue weighted by molar-refractivity contribution is 9.09. The molecule has 0 aromatic heterocycles. The fraction of sp³-hybridized carbons (Fsp3) is 0.167. The van der Waals surface area contributed by atoms with E-state index in [2.05, 4.69) is 40.2 Å². The molecule has 3 aromatic carbocycles. The molecule has 0 saturated carbocycles. The number of imide groups is 1. The maximum atomic E-state index is 13.6. The summed E-state index contributed by atoms with van der Waals surface area (Å²) in [5.41, 5.74) is 5.16. The summed E-state index contributed by atoms with van der Waals surface area (Å²) in [4.78, 5) is 28.6. The van der Waals surface area contributed by atoms with Crippen molar-refractivity contribution < 1.29 is 9.59 Å². The summed E-state index contributed by atoms with van der Waals surface area (Å²) in [6.45, 7) is 0. The second-order valence-corrected chi connectivity index (χ2v) is 8.97. The molecule has 1 heterocycles. The Bertz CT molecular complexity index is 1110. The Morgan fingerprint density at radius 1 is 0.714 bits per heavy atom. The molecule has 1 fully saturated rings. The smallest absolute Gasteiger partial charge is 0.239 e. The molecule has 0 N–H and O–H groups in total. The number of hydrogen-bond acceptors (Lipinski definition) is 2. The van der Waals surface area contributed by atoms with Crippen LogP contribution >= 0.6 is 15.9 Å². The number of benzene rings is 3. The van der Waals surface area contributed by atoms with Gasteiger partial charge in [-0.15, -0.1) is 0 Å². The zero-order valence-corrected chi connectivity index (χ0v) is 16.5. The molecule has 28 heavy (non-hydrogen) atoms. The molecule has 0 radical (unpaired) electrons. The summed E-state index contributed by atoms with van der Waals surface area (Å²) in [6, 6.07) is 25.7. The van der Waals surface area contributed by atoms with Gasteiger partial charge in [0.15, 0.2) is 0 Å². The van der Waals surface area contributed by atoms with Crippen molar-refractivity contribution in [3.05, 3.63) is 101 Å². The third kappa shape index (κ3) is 1.75. The Morgan fingerprint density at radius 3 is 1.86 bits per heavy atom. The Kier molecular flexibility index (Phi) is 3.15. The van der Waals surface area contributed by atoms with E-state index < -0.39 is 16.2 Å². The highest BCUT2D eigenvalue weighted by Crippen LogP contribution is 2.66. The van der Waals surface area contributed by atoms with E-state index in [9.17, 15) is 9.59 Å². The number of rotatable bonds is 1. The number of anilines is 1. The normalized spacial score (nSPS) is 29.5. The molecule has 0 spiro atoms. The van der Waals surface area contributed by atoms with E-state index in [1.165, 1.54) is 4.90 Å². The predicted molar refractivity (Wildman–Crippen MR) is 110 cm³/mol. The number of halogens is 1. The first-order chi connectivity index (χ1) is 13.6. The number of alkyl halides is 1. The number of amides is 2. The van der Waals surface area contributed by atoms with Gasteiger partial charge >= 0.3 is 0 Å². The summed E-state index contributed by atoms with van der Waals surface area (Å²) in [5, 5.41) is 0. The third-order valence-corrected chi connectivity index (χ3v) is 7.88. The molecule has 2 bridgehead atoms. The number of nitrogens with zero attached hydrogens (tertiary/aromatic N) is 1. The standard InChI is InChI=1S/C24H16BrNO2/c25-24-17-12-6-4-10-15(17)19(16-11-5-7-13-18(16)24)20-21(24)23(28)26(22(20)27)14-8-2-1-3-9-14/h1-13,19-21H/t19?,20-,21-,24?/m0/s1. The van der Waals surface area contributed by atoms with Crippen LogP contribution in [0.25, 0.3) is 0 Å². The van der Waals surface area contributed by atoms with Crippen molar-refractivity contribution in [1.29, 1.82) is 0 Å². The summed E-state index contributed by atoms with van der Waals surface area (Å²) in [7, 11) is 0. The van der Waals surface area contributed by atoms with E-state index in [4.69, 9.17) is 0 Å². The van der Waals surface area contributed by atoms with Gasteiger partial charge in [0, 0.05) is 5.92 Å². The number of para-hydroxylation sites is 1. The molecule has 1 aliphatic heterocycles. The molecule has 3 aliphatic carbocycles. The van der Waals surface area contributed by atoms with Gasteiger partial charge in [-0.2, -0.15) is 0 Å². The molecule has 4 aliphatic rings. The maximum absolute atomic E-state index is 13.6. The van der Waals surface area contributed by atoms with Crippen LogP contribution in [0.15, 0.2) is 78.9 Å². The van der Waals surface area contributed by atoms with Crippen LogP contribution in [0.1, 0.15) is 28.2 Å². The minimum atomic E-state index is -0.685. The average Bonchev–Trinajstić information content (AvgIpc) is 3.01. The van der Waals surface area contributed by atoms with E-state index in [-0.39, 0.29) is 17.7 Å². The Hall–Kier alpha value is -2.72. The van der Waals surface area contributed by atoms with Gasteiger partial charge in [0.05, 0.1) is 21.8 Å². The molecule has 3 aromatic rings. The monoisotopic (exact) mass is 429 g/mol. The molecule has 1 saturated heterocycles. The van der Waals surface area contributed by atoms with Gasteiger partial charge in [0.1, 0.15) is 0 Å². The van der Waals surface area contributed by atoms with Gasteiger partial charge in [-0.3, -0.25) is 9.59 Å². The van der Waals surface area contributed by atoms with Crippen molar-refractivity contribution in [3.63, 3.8) is 0 Å². The lowest BCUT2D eigenvalue weighted by molar-refractivity contribution is -0.122. The van der Waals surface area contributed by atoms with Crippen LogP contribution < -0.4 is 4.90 Å². The van der Waals surface area contributed by atoms with Crippen molar-refractivity contribution in [1.82, 2.24) is 0 Å². The van der Waals surface area contributed by atoms with E-state index >= 15 is 0 Å². The SMILES string of the molecule is O=C1[C@@H]2[C@@H](C(=O)N1c1ccccc1)C1c3ccccc3C2(Br)c2ccccc21. The molecular weight excluding hydrogens is 414 g/mol. The fourth-order valence-corrected chi connectivity index (χ4v) is 6.71. The van der Waals surface area contributed by atoms with Crippen LogP contribution in [0.5, 0.6) is 0 Å². The Morgan fingerprint density at radius 2 is 1.25 bits per heavy atom. The highest BCUT2D eigenvalue weighted by atomic mass is 79.9. The van der Waals surface area contributed by atoms with Crippen molar-refractivity contribution >= 4 is 33.4 Å². The van der Waals surface area contributed by atoms with Crippen molar-refractivity contribution in [2.24, 2.45) is 11.8 Å². The predicted octanol–water partition coefficient (Wildman–Crippen LogP) is 4.59. The van der Waals surface area contributed by atoms with E-state index in [1.807, 2.05) is 54.6 Å². The zero-order chi connectivity index (χ0) is 19.0. The second kappa shape index (κ2) is 5.42. The van der Waals surface area contributed by atoms with Crippen LogP contribution in [-0.4, -0.2) is 11.8 Å². The van der Waals surface area contributed by atoms with Gasteiger partial charge in [-0.1, -0.05) is 82.7 Å². The highest BCUT2D eigenvalue weighted by Gasteiger charge is 2.67. The van der Waals surface area contributed by atoms with Crippen LogP contribution in [0.2, 0.25) is 0 Å². The van der Waals surface area contributed by atoms with Gasteiger partial charge < -0.3 is 0 Å². The van der Waals surface area contributed by atoms with Gasteiger partial charge in [-0.05, 0) is 34.4 Å². The summed E-state index contributed by atoms with van der Waals surface area (Å²) >= 11 is 4.01. The first kappa shape index (κ1) is 16.3. The van der Waals surface area contributed by atoms with Gasteiger partial charge in [0.25, 0.3) is 0 Å². The fourth-order valence-electron chi connectivity index (χ4n) is 5.51. The average molecular weight is 430 g/mol. The number of carbonyl (C=O) groups excluding carboxylic acids is 2. The van der Waals surface area contributed by atoms with Gasteiger partial charge in [-0.25, -0.2) is 4.90 Å². The van der Waals surface area contributed by atoms with E-state index in [0.29, 0.717) is 5.69 Å². The lowest BCUT2D eigenvalue weighted by atomic mass is 9.55. The molecule has 4 heteroatoms. The molecule has 136 valence electrons. The molecular formula is C24H16BrNO2. The van der Waals surface area contributed by atoms with Gasteiger partial charge in [0.2, 0.25) is 11.8 Å². The van der Waals surface area contributed by atoms with Crippen molar-refractivity contribution in [3.8, 4) is 0 Å². The Labute approximate surface area is 171 Å². The molecule has 2 atom stereocenters. The van der Waals surface area contributed by atoms with Crippen molar-refractivity contribution in [2.75, 3.05) is 4.90 Å². The molecule has 2 amide bonds. The summed E-state index contributed by atoms with van der Waals surface area (Å²) in [5.74, 6) is -1.15. The Balaban J connectivity index is 1.64. The lowest BCUT2D eigenvalue weighted by Gasteiger charge is -2.51. The lowest BCUT2D eigenvalue weighted by Crippen LogP contribution is -2.50. The maximum Gasteiger partial charge on any atom is 0.239 e. The summed E-state index contributed by atoms with van der Waals surface area (Å²) < 4.78 is -0.685.